The molecule has 2 aromatic heterocycles. The van der Waals surface area contributed by atoms with Gasteiger partial charge in [-0.1, -0.05) is 71.0 Å². The lowest BCUT2D eigenvalue weighted by Crippen LogP contribution is -2.15. The van der Waals surface area contributed by atoms with Crippen LogP contribution in [0.4, 0.5) is 5.13 Å². The fourth-order valence-electron chi connectivity index (χ4n) is 3.70. The van der Waals surface area contributed by atoms with Crippen LogP contribution in [0.5, 0.6) is 0 Å². The Kier molecular flexibility index (Phi) is 4.93. The van der Waals surface area contributed by atoms with Crippen LogP contribution >= 0.6 is 22.9 Å². The standard InChI is InChI=1S/C25H18ClN3OS/c1-14-7-9-16(10-8-14)23-15(2)22(18-5-3-4-6-19(18)27-23)24(30)29-25-28-20-12-11-17(26)13-21(20)31-25/h3-13H,1-2H3,(H,28,29,30). The van der Waals surface area contributed by atoms with E-state index in [0.717, 1.165) is 37.9 Å². The molecule has 1 amide bonds. The zero-order valence-electron chi connectivity index (χ0n) is 16.9. The number of aryl methyl sites for hydroxylation is 1. The Morgan fingerprint density at radius 2 is 1.71 bits per heavy atom. The van der Waals surface area contributed by atoms with Crippen molar-refractivity contribution in [3.8, 4) is 11.3 Å². The highest BCUT2D eigenvalue weighted by molar-refractivity contribution is 7.22. The van der Waals surface area contributed by atoms with Crippen LogP contribution in [0, 0.1) is 13.8 Å². The molecular formula is C25H18ClN3OS. The van der Waals surface area contributed by atoms with Crippen LogP contribution in [-0.4, -0.2) is 15.9 Å². The first-order valence-electron chi connectivity index (χ1n) is 9.83. The van der Waals surface area contributed by atoms with Crippen molar-refractivity contribution in [1.29, 1.82) is 0 Å². The number of rotatable bonds is 3. The Hall–Kier alpha value is -3.28. The smallest absolute Gasteiger partial charge is 0.258 e. The molecule has 6 heteroatoms. The van der Waals surface area contributed by atoms with E-state index in [4.69, 9.17) is 16.6 Å². The zero-order valence-corrected chi connectivity index (χ0v) is 18.5. The van der Waals surface area contributed by atoms with Gasteiger partial charge in [-0.05, 0) is 43.7 Å². The van der Waals surface area contributed by atoms with Crippen LogP contribution in [0.25, 0.3) is 32.4 Å². The summed E-state index contributed by atoms with van der Waals surface area (Å²) in [5, 5.41) is 4.99. The van der Waals surface area contributed by atoms with E-state index in [-0.39, 0.29) is 5.91 Å². The summed E-state index contributed by atoms with van der Waals surface area (Å²) in [7, 11) is 0. The summed E-state index contributed by atoms with van der Waals surface area (Å²) in [6, 6.07) is 21.4. The average molecular weight is 444 g/mol. The van der Waals surface area contributed by atoms with E-state index >= 15 is 0 Å². The monoisotopic (exact) mass is 443 g/mol. The van der Waals surface area contributed by atoms with E-state index in [0.29, 0.717) is 15.7 Å². The molecule has 0 atom stereocenters. The van der Waals surface area contributed by atoms with Gasteiger partial charge in [-0.15, -0.1) is 0 Å². The van der Waals surface area contributed by atoms with Gasteiger partial charge in [-0.3, -0.25) is 10.1 Å². The van der Waals surface area contributed by atoms with E-state index in [1.807, 2.05) is 55.5 Å². The summed E-state index contributed by atoms with van der Waals surface area (Å²) in [4.78, 5) is 22.8. The number of fused-ring (bicyclic) bond motifs is 2. The van der Waals surface area contributed by atoms with Gasteiger partial charge in [-0.25, -0.2) is 9.97 Å². The van der Waals surface area contributed by atoms with Crippen molar-refractivity contribution in [1.82, 2.24) is 9.97 Å². The van der Waals surface area contributed by atoms with Gasteiger partial charge in [0, 0.05) is 16.0 Å². The summed E-state index contributed by atoms with van der Waals surface area (Å²) in [5.41, 5.74) is 6.00. The van der Waals surface area contributed by atoms with Crippen molar-refractivity contribution in [2.45, 2.75) is 13.8 Å². The van der Waals surface area contributed by atoms with Crippen LogP contribution < -0.4 is 5.32 Å². The second-order valence-corrected chi connectivity index (χ2v) is 8.90. The predicted molar refractivity (Wildman–Crippen MR) is 129 cm³/mol. The summed E-state index contributed by atoms with van der Waals surface area (Å²) in [6.45, 7) is 4.00. The molecule has 0 saturated heterocycles. The lowest BCUT2D eigenvalue weighted by molar-refractivity contribution is 0.102. The third-order valence-corrected chi connectivity index (χ3v) is 6.43. The molecule has 0 spiro atoms. The molecule has 31 heavy (non-hydrogen) atoms. The number of pyridine rings is 1. The largest absolute Gasteiger partial charge is 0.298 e. The second kappa shape index (κ2) is 7.76. The SMILES string of the molecule is Cc1ccc(-c2nc3ccccc3c(C(=O)Nc3nc4ccc(Cl)cc4s3)c2C)cc1. The topological polar surface area (TPSA) is 54.9 Å². The van der Waals surface area contributed by atoms with Gasteiger partial charge in [0.1, 0.15) is 0 Å². The number of aromatic nitrogens is 2. The fourth-order valence-corrected chi connectivity index (χ4v) is 4.84. The first-order chi connectivity index (χ1) is 15.0. The number of amides is 1. The summed E-state index contributed by atoms with van der Waals surface area (Å²) >= 11 is 7.49. The van der Waals surface area contributed by atoms with Crippen LogP contribution in [0.2, 0.25) is 5.02 Å². The molecule has 0 aliphatic rings. The molecule has 0 unspecified atom stereocenters. The maximum atomic E-state index is 13.4. The number of para-hydroxylation sites is 1. The fraction of sp³-hybridized carbons (Fsp3) is 0.0800. The lowest BCUT2D eigenvalue weighted by Gasteiger charge is -2.14. The first kappa shape index (κ1) is 19.7. The molecule has 0 fully saturated rings. The molecule has 3 aromatic carbocycles. The number of carbonyl (C=O) groups excluding carboxylic acids is 1. The molecule has 2 heterocycles. The average Bonchev–Trinajstić information content (AvgIpc) is 3.15. The molecular weight excluding hydrogens is 426 g/mol. The van der Waals surface area contributed by atoms with E-state index in [2.05, 4.69) is 29.4 Å². The summed E-state index contributed by atoms with van der Waals surface area (Å²) in [5.74, 6) is -0.199. The van der Waals surface area contributed by atoms with Crippen LogP contribution in [-0.2, 0) is 0 Å². The maximum absolute atomic E-state index is 13.4. The number of carbonyl (C=O) groups is 1. The van der Waals surface area contributed by atoms with E-state index < -0.39 is 0 Å². The molecule has 5 aromatic rings. The quantitative estimate of drug-likeness (QED) is 0.325. The molecule has 0 saturated carbocycles. The first-order valence-corrected chi connectivity index (χ1v) is 11.0. The minimum Gasteiger partial charge on any atom is -0.298 e. The highest BCUT2D eigenvalue weighted by atomic mass is 35.5. The molecule has 5 rings (SSSR count). The van der Waals surface area contributed by atoms with Gasteiger partial charge in [0.15, 0.2) is 5.13 Å². The molecule has 4 nitrogen and oxygen atoms in total. The third kappa shape index (κ3) is 3.67. The number of hydrogen-bond donors (Lipinski definition) is 1. The number of anilines is 1. The highest BCUT2D eigenvalue weighted by Crippen LogP contribution is 2.32. The highest BCUT2D eigenvalue weighted by Gasteiger charge is 2.20. The predicted octanol–water partition coefficient (Wildman–Crippen LogP) is 7.03. The van der Waals surface area contributed by atoms with Gasteiger partial charge in [0.2, 0.25) is 0 Å². The van der Waals surface area contributed by atoms with Crippen molar-refractivity contribution in [2.24, 2.45) is 0 Å². The molecule has 0 aliphatic heterocycles. The normalized spacial score (nSPS) is 11.2. The third-order valence-electron chi connectivity index (χ3n) is 5.26. The Bertz CT molecular complexity index is 1460. The Balaban J connectivity index is 1.62. The number of benzene rings is 3. The van der Waals surface area contributed by atoms with Crippen molar-refractivity contribution in [2.75, 3.05) is 5.32 Å². The Morgan fingerprint density at radius 1 is 0.935 bits per heavy atom. The number of nitrogens with zero attached hydrogens (tertiary/aromatic N) is 2. The van der Waals surface area contributed by atoms with Gasteiger partial charge in [0.25, 0.3) is 5.91 Å². The lowest BCUT2D eigenvalue weighted by atomic mass is 9.97. The van der Waals surface area contributed by atoms with Crippen molar-refractivity contribution < 1.29 is 4.79 Å². The number of thiazole rings is 1. The number of halogens is 1. The summed E-state index contributed by atoms with van der Waals surface area (Å²) < 4.78 is 0.930. The maximum Gasteiger partial charge on any atom is 0.258 e. The number of nitrogens with one attached hydrogen (secondary N) is 1. The molecule has 0 radical (unpaired) electrons. The zero-order chi connectivity index (χ0) is 21.5. The Morgan fingerprint density at radius 3 is 2.52 bits per heavy atom. The molecule has 1 N–H and O–H groups in total. The van der Waals surface area contributed by atoms with Crippen LogP contribution in [0.15, 0.2) is 66.7 Å². The minimum absolute atomic E-state index is 0.199. The minimum atomic E-state index is -0.199. The van der Waals surface area contributed by atoms with Gasteiger partial charge in [0.05, 0.1) is 27.0 Å². The van der Waals surface area contributed by atoms with E-state index in [1.165, 1.54) is 16.9 Å². The molecule has 0 bridgehead atoms. The van der Waals surface area contributed by atoms with E-state index in [1.54, 1.807) is 6.07 Å². The Labute approximate surface area is 188 Å². The van der Waals surface area contributed by atoms with Crippen LogP contribution in [0.3, 0.4) is 0 Å². The van der Waals surface area contributed by atoms with Crippen LogP contribution in [0.1, 0.15) is 21.5 Å². The molecule has 152 valence electrons. The van der Waals surface area contributed by atoms with Gasteiger partial charge < -0.3 is 0 Å². The summed E-state index contributed by atoms with van der Waals surface area (Å²) in [6.07, 6.45) is 0. The van der Waals surface area contributed by atoms with Crippen molar-refractivity contribution >= 4 is 55.1 Å². The molecule has 0 aliphatic carbocycles. The van der Waals surface area contributed by atoms with Gasteiger partial charge >= 0.3 is 0 Å². The van der Waals surface area contributed by atoms with Gasteiger partial charge in [-0.2, -0.15) is 0 Å². The second-order valence-electron chi connectivity index (χ2n) is 7.43. The van der Waals surface area contributed by atoms with Crippen molar-refractivity contribution in [3.05, 3.63) is 88.4 Å². The van der Waals surface area contributed by atoms with Crippen molar-refractivity contribution in [3.63, 3.8) is 0 Å². The van der Waals surface area contributed by atoms with E-state index in [9.17, 15) is 4.79 Å². The number of hydrogen-bond acceptors (Lipinski definition) is 4.